The molecule has 0 spiro atoms. The van der Waals surface area contributed by atoms with Gasteiger partial charge in [-0.1, -0.05) is 24.3 Å². The van der Waals surface area contributed by atoms with Gasteiger partial charge in [0.2, 0.25) is 5.91 Å². The molecule has 186 valence electrons. The van der Waals surface area contributed by atoms with Crippen molar-refractivity contribution in [1.29, 1.82) is 0 Å². The number of hydrogen-bond donors (Lipinski definition) is 2. The minimum atomic E-state index is -0.578. The summed E-state index contributed by atoms with van der Waals surface area (Å²) in [6.45, 7) is 1.94. The van der Waals surface area contributed by atoms with Gasteiger partial charge in [0.1, 0.15) is 5.75 Å². The number of aryl methyl sites for hydroxylation is 2. The fraction of sp³-hybridized carbons (Fsp3) is 0.111. The number of rotatable bonds is 6. The maximum Gasteiger partial charge on any atom is 0.230 e. The smallest absolute Gasteiger partial charge is 0.230 e. The van der Waals surface area contributed by atoms with E-state index in [-0.39, 0.29) is 23.2 Å². The van der Waals surface area contributed by atoms with Gasteiger partial charge in [-0.25, -0.2) is 9.37 Å². The number of nitrogens with zero attached hydrogens (tertiary/aromatic N) is 3. The number of anilines is 1. The van der Waals surface area contributed by atoms with Crippen molar-refractivity contribution in [2.75, 3.05) is 5.32 Å². The van der Waals surface area contributed by atoms with E-state index >= 15 is 0 Å². The van der Waals surface area contributed by atoms with Crippen LogP contribution in [0.25, 0.3) is 20.8 Å². The normalized spacial score (nSPS) is 10.9. The molecule has 10 heteroatoms. The van der Waals surface area contributed by atoms with Crippen LogP contribution in [0.5, 0.6) is 11.5 Å². The van der Waals surface area contributed by atoms with Crippen molar-refractivity contribution in [1.82, 2.24) is 19.9 Å². The highest BCUT2D eigenvalue weighted by molar-refractivity contribution is 7.80. The van der Waals surface area contributed by atoms with E-state index in [0.29, 0.717) is 11.4 Å². The Hall–Kier alpha value is -4.15. The Morgan fingerprint density at radius 3 is 2.73 bits per heavy atom. The lowest BCUT2D eigenvalue weighted by molar-refractivity contribution is -0.119. The number of thiocarbonyl (C=S) groups is 1. The zero-order valence-electron chi connectivity index (χ0n) is 20.0. The Morgan fingerprint density at radius 2 is 1.97 bits per heavy atom. The maximum atomic E-state index is 14.9. The summed E-state index contributed by atoms with van der Waals surface area (Å²) in [5.74, 6) is -0.281. The van der Waals surface area contributed by atoms with Crippen LogP contribution in [0, 0.1) is 12.7 Å². The third-order valence-electron chi connectivity index (χ3n) is 5.61. The number of benzene rings is 2. The van der Waals surface area contributed by atoms with Gasteiger partial charge in [0, 0.05) is 37.3 Å². The first kappa shape index (κ1) is 24.5. The summed E-state index contributed by atoms with van der Waals surface area (Å²) in [4.78, 5) is 22.1. The summed E-state index contributed by atoms with van der Waals surface area (Å²) >= 11 is 6.71. The lowest BCUT2D eigenvalue weighted by Crippen LogP contribution is -2.35. The van der Waals surface area contributed by atoms with Gasteiger partial charge in [0.15, 0.2) is 16.7 Å². The molecule has 2 aromatic carbocycles. The average molecular weight is 532 g/mol. The van der Waals surface area contributed by atoms with Crippen LogP contribution in [0.1, 0.15) is 11.1 Å². The molecule has 2 N–H and O–H groups in total. The Kier molecular flexibility index (Phi) is 6.93. The van der Waals surface area contributed by atoms with E-state index in [0.717, 1.165) is 31.9 Å². The number of hydrogen-bond acceptors (Lipinski definition) is 6. The number of fused-ring (bicyclic) bond motifs is 1. The molecule has 0 atom stereocenters. The van der Waals surface area contributed by atoms with Crippen LogP contribution < -0.4 is 15.4 Å². The second-order valence-electron chi connectivity index (χ2n) is 8.41. The number of nitrogens with one attached hydrogen (secondary N) is 2. The number of aromatic nitrogens is 3. The van der Waals surface area contributed by atoms with Crippen molar-refractivity contribution in [3.05, 3.63) is 90.3 Å². The predicted molar refractivity (Wildman–Crippen MR) is 148 cm³/mol. The van der Waals surface area contributed by atoms with Crippen LogP contribution in [-0.2, 0) is 18.3 Å². The van der Waals surface area contributed by atoms with Crippen molar-refractivity contribution in [2.24, 2.45) is 7.05 Å². The molecule has 7 nitrogen and oxygen atoms in total. The van der Waals surface area contributed by atoms with Gasteiger partial charge in [-0.2, -0.15) is 0 Å². The van der Waals surface area contributed by atoms with Gasteiger partial charge in [-0.3, -0.25) is 9.78 Å². The first-order valence-corrected chi connectivity index (χ1v) is 12.6. The molecule has 0 radical (unpaired) electrons. The lowest BCUT2D eigenvalue weighted by Gasteiger charge is -2.12. The number of thiophene rings is 1. The number of carbonyl (C=O) groups is 1. The zero-order valence-corrected chi connectivity index (χ0v) is 21.6. The molecular formula is C27H22FN5O2S2. The molecule has 37 heavy (non-hydrogen) atoms. The summed E-state index contributed by atoms with van der Waals surface area (Å²) in [6.07, 6.45) is 5.47. The van der Waals surface area contributed by atoms with Crippen LogP contribution in [0.2, 0.25) is 0 Å². The van der Waals surface area contributed by atoms with Crippen molar-refractivity contribution in [3.8, 4) is 22.1 Å². The minimum Gasteiger partial charge on any atom is -0.453 e. The highest BCUT2D eigenvalue weighted by Gasteiger charge is 2.15. The standard InChI is InChI=1S/C27H22FN5O2S2/c1-16-5-3-4-6-17(16)11-25(34)32-27(36)31-18-7-8-22(19(28)12-18)35-23-9-10-29-20-13-24(37-26(20)23)21-14-33(2)15-30-21/h3-10,12-15H,11H2,1-2H3,(H2,31,32,34,36). The quantitative estimate of drug-likeness (QED) is 0.262. The second kappa shape index (κ2) is 10.5. The van der Waals surface area contributed by atoms with Gasteiger partial charge < -0.3 is 19.9 Å². The van der Waals surface area contributed by atoms with Gasteiger partial charge >= 0.3 is 0 Å². The van der Waals surface area contributed by atoms with Crippen molar-refractivity contribution in [2.45, 2.75) is 13.3 Å². The molecule has 1 amide bonds. The molecule has 3 heterocycles. The topological polar surface area (TPSA) is 81.1 Å². The molecule has 0 saturated carbocycles. The number of imidazole rings is 1. The van der Waals surface area contributed by atoms with Crippen LogP contribution in [0.15, 0.2) is 73.3 Å². The number of pyridine rings is 1. The van der Waals surface area contributed by atoms with E-state index in [1.165, 1.54) is 23.5 Å². The lowest BCUT2D eigenvalue weighted by atomic mass is 10.1. The first-order chi connectivity index (χ1) is 17.9. The first-order valence-electron chi connectivity index (χ1n) is 11.4. The molecule has 0 unspecified atom stereocenters. The third-order valence-corrected chi connectivity index (χ3v) is 6.97. The van der Waals surface area contributed by atoms with E-state index in [9.17, 15) is 9.18 Å². The van der Waals surface area contributed by atoms with Crippen LogP contribution in [0.3, 0.4) is 0 Å². The van der Waals surface area contributed by atoms with Crippen molar-refractivity contribution < 1.29 is 13.9 Å². The van der Waals surface area contributed by atoms with Crippen LogP contribution >= 0.6 is 23.6 Å². The molecule has 3 aromatic heterocycles. The molecular weight excluding hydrogens is 509 g/mol. The third kappa shape index (κ3) is 5.65. The molecule has 5 aromatic rings. The molecule has 0 saturated heterocycles. The number of carbonyl (C=O) groups excluding carboxylic acids is 1. The maximum absolute atomic E-state index is 14.9. The van der Waals surface area contributed by atoms with E-state index in [4.69, 9.17) is 17.0 Å². The van der Waals surface area contributed by atoms with Gasteiger partial charge in [0.25, 0.3) is 0 Å². The second-order valence-corrected chi connectivity index (χ2v) is 9.87. The van der Waals surface area contributed by atoms with Crippen molar-refractivity contribution in [3.63, 3.8) is 0 Å². The largest absolute Gasteiger partial charge is 0.453 e. The van der Waals surface area contributed by atoms with Gasteiger partial charge in [0.05, 0.1) is 33.5 Å². The van der Waals surface area contributed by atoms with Crippen LogP contribution in [-0.4, -0.2) is 25.6 Å². The van der Waals surface area contributed by atoms with Gasteiger partial charge in [-0.05, 0) is 48.5 Å². The molecule has 0 fully saturated rings. The molecule has 0 aliphatic heterocycles. The molecule has 5 rings (SSSR count). The Balaban J connectivity index is 1.26. The number of amides is 1. The average Bonchev–Trinajstić information content (AvgIpc) is 3.49. The Bertz CT molecular complexity index is 1630. The highest BCUT2D eigenvalue weighted by Crippen LogP contribution is 2.39. The van der Waals surface area contributed by atoms with E-state index in [1.54, 1.807) is 24.7 Å². The zero-order chi connectivity index (χ0) is 25.9. The van der Waals surface area contributed by atoms with Crippen molar-refractivity contribution >= 4 is 50.5 Å². The SMILES string of the molecule is Cc1ccccc1CC(=O)NC(=S)Nc1ccc(Oc2ccnc3cc(-c4cn(C)cn4)sc23)c(F)c1. The highest BCUT2D eigenvalue weighted by atomic mass is 32.1. The molecule has 0 aliphatic carbocycles. The summed E-state index contributed by atoms with van der Waals surface area (Å²) < 4.78 is 23.5. The van der Waals surface area contributed by atoms with Gasteiger partial charge in [-0.15, -0.1) is 11.3 Å². The molecule has 0 bridgehead atoms. The van der Waals surface area contributed by atoms with Crippen LogP contribution in [0.4, 0.5) is 10.1 Å². The predicted octanol–water partition coefficient (Wildman–Crippen LogP) is 5.99. The fourth-order valence-corrected chi connectivity index (χ4v) is 5.01. The van der Waals surface area contributed by atoms with E-state index < -0.39 is 5.82 Å². The number of halogens is 1. The monoisotopic (exact) mass is 531 g/mol. The summed E-state index contributed by atoms with van der Waals surface area (Å²) in [7, 11) is 1.91. The van der Waals surface area contributed by atoms with E-state index in [1.807, 2.05) is 55.1 Å². The van der Waals surface area contributed by atoms with E-state index in [2.05, 4.69) is 20.6 Å². The Morgan fingerprint density at radius 1 is 1.14 bits per heavy atom. The molecule has 0 aliphatic rings. The Labute approximate surface area is 222 Å². The number of ether oxygens (including phenoxy) is 1. The summed E-state index contributed by atoms with van der Waals surface area (Å²) in [5.41, 5.74) is 3.91. The fourth-order valence-electron chi connectivity index (χ4n) is 3.76. The minimum absolute atomic E-state index is 0.0559. The summed E-state index contributed by atoms with van der Waals surface area (Å²) in [5, 5.41) is 5.56. The summed E-state index contributed by atoms with van der Waals surface area (Å²) in [6, 6.07) is 15.7.